The van der Waals surface area contributed by atoms with Crippen LogP contribution in [-0.2, 0) is 0 Å². The molecule has 2 heteroatoms. The van der Waals surface area contributed by atoms with Gasteiger partial charge in [0, 0.05) is 6.20 Å². The maximum absolute atomic E-state index is 5.95. The average Bonchev–Trinajstić information content (AvgIpc) is 2.19. The number of hydrogen-bond acceptors (Lipinski definition) is 2. The predicted octanol–water partition coefficient (Wildman–Crippen LogP) is 2.44. The van der Waals surface area contributed by atoms with Gasteiger partial charge in [-0.05, 0) is 25.0 Å². The van der Waals surface area contributed by atoms with E-state index in [1.807, 2.05) is 18.2 Å². The summed E-state index contributed by atoms with van der Waals surface area (Å²) in [7, 11) is 0. The van der Waals surface area contributed by atoms with Gasteiger partial charge >= 0.3 is 0 Å². The Bertz CT molecular complexity index is 267. The van der Waals surface area contributed by atoms with Gasteiger partial charge in [-0.2, -0.15) is 0 Å². The van der Waals surface area contributed by atoms with Crippen molar-refractivity contribution < 1.29 is 0 Å². The minimum absolute atomic E-state index is 0.00588. The molecule has 2 nitrogen and oxygen atoms in total. The quantitative estimate of drug-likeness (QED) is 0.716. The fraction of sp³-hybridized carbons (Fsp3) is 0.364. The SMILES string of the molecule is C=C(CC)CC(N)c1ccccn1. The van der Waals surface area contributed by atoms with Gasteiger partial charge in [-0.15, -0.1) is 0 Å². The molecule has 2 N–H and O–H groups in total. The first kappa shape index (κ1) is 9.93. The molecular formula is C11H16N2. The summed E-state index contributed by atoms with van der Waals surface area (Å²) < 4.78 is 0. The molecule has 1 aromatic rings. The maximum Gasteiger partial charge on any atom is 0.0574 e. The Balaban J connectivity index is 2.59. The number of nitrogens with two attached hydrogens (primary N) is 1. The van der Waals surface area contributed by atoms with Crippen LogP contribution < -0.4 is 5.73 Å². The zero-order valence-electron chi connectivity index (χ0n) is 8.03. The van der Waals surface area contributed by atoms with E-state index in [1.54, 1.807) is 6.20 Å². The molecule has 0 radical (unpaired) electrons. The van der Waals surface area contributed by atoms with Crippen LogP contribution >= 0.6 is 0 Å². The molecule has 0 spiro atoms. The van der Waals surface area contributed by atoms with E-state index in [0.29, 0.717) is 0 Å². The maximum atomic E-state index is 5.95. The van der Waals surface area contributed by atoms with Crippen molar-refractivity contribution in [2.24, 2.45) is 5.73 Å². The van der Waals surface area contributed by atoms with Crippen LogP contribution in [0.1, 0.15) is 31.5 Å². The van der Waals surface area contributed by atoms with Gasteiger partial charge < -0.3 is 5.73 Å². The predicted molar refractivity (Wildman–Crippen MR) is 55.2 cm³/mol. The third-order valence-electron chi connectivity index (χ3n) is 2.08. The van der Waals surface area contributed by atoms with Crippen LogP contribution in [0.4, 0.5) is 0 Å². The zero-order valence-corrected chi connectivity index (χ0v) is 8.03. The molecule has 13 heavy (non-hydrogen) atoms. The molecule has 0 saturated heterocycles. The number of nitrogens with zero attached hydrogens (tertiary/aromatic N) is 1. The van der Waals surface area contributed by atoms with Crippen LogP contribution in [0.15, 0.2) is 36.5 Å². The summed E-state index contributed by atoms with van der Waals surface area (Å²) in [5.74, 6) is 0. The highest BCUT2D eigenvalue weighted by Gasteiger charge is 2.06. The van der Waals surface area contributed by atoms with Crippen LogP contribution in [0.2, 0.25) is 0 Å². The van der Waals surface area contributed by atoms with Crippen molar-refractivity contribution in [2.45, 2.75) is 25.8 Å². The molecule has 0 saturated carbocycles. The van der Waals surface area contributed by atoms with E-state index in [4.69, 9.17) is 5.73 Å². The van der Waals surface area contributed by atoms with Crippen LogP contribution in [0.5, 0.6) is 0 Å². The molecule has 1 rings (SSSR count). The van der Waals surface area contributed by atoms with Crippen molar-refractivity contribution in [3.63, 3.8) is 0 Å². The minimum atomic E-state index is -0.00588. The van der Waals surface area contributed by atoms with Gasteiger partial charge in [0.2, 0.25) is 0 Å². The Hall–Kier alpha value is -1.15. The van der Waals surface area contributed by atoms with Gasteiger partial charge in [-0.25, -0.2) is 0 Å². The molecule has 0 amide bonds. The van der Waals surface area contributed by atoms with E-state index in [9.17, 15) is 0 Å². The van der Waals surface area contributed by atoms with Gasteiger partial charge in [-0.1, -0.05) is 25.1 Å². The van der Waals surface area contributed by atoms with E-state index in [-0.39, 0.29) is 6.04 Å². The summed E-state index contributed by atoms with van der Waals surface area (Å²) in [4.78, 5) is 4.20. The first-order valence-corrected chi connectivity index (χ1v) is 4.57. The molecule has 0 bridgehead atoms. The number of pyridine rings is 1. The second kappa shape index (κ2) is 4.77. The molecule has 0 aliphatic heterocycles. The fourth-order valence-electron chi connectivity index (χ4n) is 1.16. The number of rotatable bonds is 4. The van der Waals surface area contributed by atoms with Gasteiger partial charge in [0.1, 0.15) is 0 Å². The van der Waals surface area contributed by atoms with Crippen molar-refractivity contribution in [3.05, 3.63) is 42.2 Å². The minimum Gasteiger partial charge on any atom is -0.322 e. The fourth-order valence-corrected chi connectivity index (χ4v) is 1.16. The standard InChI is InChI=1S/C11H16N2/c1-3-9(2)8-10(12)11-6-4-5-7-13-11/h4-7,10H,2-3,8,12H2,1H3. The molecule has 1 heterocycles. The van der Waals surface area contributed by atoms with Crippen LogP contribution in [0, 0.1) is 0 Å². The van der Waals surface area contributed by atoms with Gasteiger partial charge in [0.25, 0.3) is 0 Å². The second-order valence-corrected chi connectivity index (χ2v) is 3.17. The van der Waals surface area contributed by atoms with Crippen LogP contribution in [-0.4, -0.2) is 4.98 Å². The average molecular weight is 176 g/mol. The Labute approximate surface area is 79.5 Å². The highest BCUT2D eigenvalue weighted by molar-refractivity contribution is 5.11. The summed E-state index contributed by atoms with van der Waals surface area (Å²) in [5.41, 5.74) is 8.07. The molecule has 0 aromatic carbocycles. The Kier molecular flexibility index (Phi) is 3.65. The largest absolute Gasteiger partial charge is 0.322 e. The van der Waals surface area contributed by atoms with E-state index >= 15 is 0 Å². The highest BCUT2D eigenvalue weighted by Crippen LogP contribution is 2.16. The zero-order chi connectivity index (χ0) is 9.68. The molecule has 0 fully saturated rings. The molecule has 70 valence electrons. The Morgan fingerprint density at radius 2 is 2.38 bits per heavy atom. The summed E-state index contributed by atoms with van der Waals surface area (Å²) in [5, 5.41) is 0. The number of hydrogen-bond donors (Lipinski definition) is 1. The van der Waals surface area contributed by atoms with E-state index in [1.165, 1.54) is 5.57 Å². The summed E-state index contributed by atoms with van der Waals surface area (Å²) in [6.07, 6.45) is 3.58. The van der Waals surface area contributed by atoms with Crippen molar-refractivity contribution in [1.82, 2.24) is 4.98 Å². The van der Waals surface area contributed by atoms with Crippen molar-refractivity contribution in [2.75, 3.05) is 0 Å². The lowest BCUT2D eigenvalue weighted by Crippen LogP contribution is -2.12. The first-order chi connectivity index (χ1) is 6.24. The topological polar surface area (TPSA) is 38.9 Å². The molecule has 1 atom stereocenters. The molecule has 1 unspecified atom stereocenters. The lowest BCUT2D eigenvalue weighted by Gasteiger charge is -2.11. The second-order valence-electron chi connectivity index (χ2n) is 3.17. The molecule has 0 aliphatic rings. The summed E-state index contributed by atoms with van der Waals surface area (Å²) in [6.45, 7) is 6.02. The molecular weight excluding hydrogens is 160 g/mol. The first-order valence-electron chi connectivity index (χ1n) is 4.57. The van der Waals surface area contributed by atoms with Crippen LogP contribution in [0.25, 0.3) is 0 Å². The van der Waals surface area contributed by atoms with Crippen molar-refractivity contribution in [3.8, 4) is 0 Å². The Morgan fingerprint density at radius 1 is 1.62 bits per heavy atom. The van der Waals surface area contributed by atoms with Crippen molar-refractivity contribution in [1.29, 1.82) is 0 Å². The lowest BCUT2D eigenvalue weighted by molar-refractivity contribution is 0.679. The molecule has 1 aromatic heterocycles. The van der Waals surface area contributed by atoms with E-state index in [0.717, 1.165) is 18.5 Å². The number of aromatic nitrogens is 1. The van der Waals surface area contributed by atoms with Crippen LogP contribution in [0.3, 0.4) is 0 Å². The summed E-state index contributed by atoms with van der Waals surface area (Å²) in [6, 6.07) is 5.80. The van der Waals surface area contributed by atoms with E-state index < -0.39 is 0 Å². The molecule has 0 aliphatic carbocycles. The van der Waals surface area contributed by atoms with Gasteiger partial charge in [-0.3, -0.25) is 4.98 Å². The highest BCUT2D eigenvalue weighted by atomic mass is 14.8. The summed E-state index contributed by atoms with van der Waals surface area (Å²) >= 11 is 0. The van der Waals surface area contributed by atoms with Gasteiger partial charge in [0.05, 0.1) is 11.7 Å². The third-order valence-corrected chi connectivity index (χ3v) is 2.08. The Morgan fingerprint density at radius 3 is 2.92 bits per heavy atom. The smallest absolute Gasteiger partial charge is 0.0574 e. The van der Waals surface area contributed by atoms with E-state index in [2.05, 4.69) is 18.5 Å². The monoisotopic (exact) mass is 176 g/mol. The van der Waals surface area contributed by atoms with Gasteiger partial charge in [0.15, 0.2) is 0 Å². The lowest BCUT2D eigenvalue weighted by atomic mass is 10.0. The van der Waals surface area contributed by atoms with Crippen molar-refractivity contribution >= 4 is 0 Å². The third kappa shape index (κ3) is 2.99. The normalized spacial score (nSPS) is 12.5.